The molecule has 0 amide bonds. The van der Waals surface area contributed by atoms with E-state index in [1.54, 1.807) is 0 Å². The van der Waals surface area contributed by atoms with Crippen molar-refractivity contribution in [2.75, 3.05) is 13.2 Å². The molecule has 1 aromatic rings. The summed E-state index contributed by atoms with van der Waals surface area (Å²) < 4.78 is 3.20. The molecule has 2 N–H and O–H groups in total. The quantitative estimate of drug-likeness (QED) is 0.834. The predicted octanol–water partition coefficient (Wildman–Crippen LogP) is 2.79. The topological polar surface area (TPSA) is 50.1 Å². The SMILES string of the molecule is CCNC1(CO)CCCC1CCn1nc(C)c(Br)c1C. The number of aliphatic hydroxyl groups excluding tert-OH is 1. The van der Waals surface area contributed by atoms with Crippen molar-refractivity contribution in [3.05, 3.63) is 15.9 Å². The summed E-state index contributed by atoms with van der Waals surface area (Å²) in [5.74, 6) is 0.537. The molecule has 0 aromatic carbocycles. The van der Waals surface area contributed by atoms with Gasteiger partial charge in [0.15, 0.2) is 0 Å². The van der Waals surface area contributed by atoms with Gasteiger partial charge < -0.3 is 10.4 Å². The molecule has 1 saturated carbocycles. The van der Waals surface area contributed by atoms with E-state index in [1.165, 1.54) is 18.5 Å². The maximum atomic E-state index is 9.83. The van der Waals surface area contributed by atoms with Gasteiger partial charge in [0.05, 0.1) is 16.8 Å². The maximum absolute atomic E-state index is 9.83. The van der Waals surface area contributed by atoms with Crippen molar-refractivity contribution in [1.29, 1.82) is 0 Å². The molecule has 0 saturated heterocycles. The van der Waals surface area contributed by atoms with Crippen molar-refractivity contribution >= 4 is 15.9 Å². The molecule has 1 aliphatic carbocycles. The maximum Gasteiger partial charge on any atom is 0.0738 e. The van der Waals surface area contributed by atoms with Crippen molar-refractivity contribution in [2.45, 2.75) is 58.5 Å². The third-order valence-corrected chi connectivity index (χ3v) is 5.90. The lowest BCUT2D eigenvalue weighted by atomic mass is 9.85. The van der Waals surface area contributed by atoms with Crippen LogP contribution in [0.2, 0.25) is 0 Å². The first-order valence-corrected chi connectivity index (χ1v) is 8.38. The Hall–Kier alpha value is -0.390. The molecule has 114 valence electrons. The molecule has 4 nitrogen and oxygen atoms in total. The van der Waals surface area contributed by atoms with E-state index < -0.39 is 0 Å². The van der Waals surface area contributed by atoms with Crippen molar-refractivity contribution in [3.63, 3.8) is 0 Å². The van der Waals surface area contributed by atoms with E-state index in [-0.39, 0.29) is 12.1 Å². The van der Waals surface area contributed by atoms with Crippen LogP contribution in [-0.2, 0) is 6.54 Å². The molecule has 0 bridgehead atoms. The molecule has 5 heteroatoms. The zero-order valence-corrected chi connectivity index (χ0v) is 14.3. The lowest BCUT2D eigenvalue weighted by Gasteiger charge is -2.35. The minimum atomic E-state index is -0.0674. The summed E-state index contributed by atoms with van der Waals surface area (Å²) in [5.41, 5.74) is 2.18. The summed E-state index contributed by atoms with van der Waals surface area (Å²) in [6, 6.07) is 0. The lowest BCUT2D eigenvalue weighted by Crippen LogP contribution is -2.51. The monoisotopic (exact) mass is 343 g/mol. The van der Waals surface area contributed by atoms with E-state index in [9.17, 15) is 5.11 Å². The van der Waals surface area contributed by atoms with Gasteiger partial charge in [-0.2, -0.15) is 5.10 Å². The Kier molecular flexibility index (Phi) is 5.26. The van der Waals surface area contributed by atoms with Crippen LogP contribution in [0.3, 0.4) is 0 Å². The molecule has 0 spiro atoms. The van der Waals surface area contributed by atoms with E-state index in [0.717, 1.165) is 36.1 Å². The highest BCUT2D eigenvalue weighted by atomic mass is 79.9. The van der Waals surface area contributed by atoms with Gasteiger partial charge in [-0.25, -0.2) is 0 Å². The predicted molar refractivity (Wildman–Crippen MR) is 84.9 cm³/mol. The second-order valence-corrected chi connectivity index (χ2v) is 6.72. The average Bonchev–Trinajstić information content (AvgIpc) is 2.94. The first-order valence-electron chi connectivity index (χ1n) is 7.59. The van der Waals surface area contributed by atoms with Crippen LogP contribution in [-0.4, -0.2) is 33.6 Å². The van der Waals surface area contributed by atoms with Crippen molar-refractivity contribution in [1.82, 2.24) is 15.1 Å². The van der Waals surface area contributed by atoms with Gasteiger partial charge in [0.25, 0.3) is 0 Å². The first-order chi connectivity index (χ1) is 9.54. The number of hydrogen-bond donors (Lipinski definition) is 2. The summed E-state index contributed by atoms with van der Waals surface area (Å²) in [6.07, 6.45) is 4.57. The Morgan fingerprint density at radius 2 is 2.25 bits per heavy atom. The normalized spacial score (nSPS) is 26.4. The third kappa shape index (κ3) is 2.95. The summed E-state index contributed by atoms with van der Waals surface area (Å²) >= 11 is 3.58. The van der Waals surface area contributed by atoms with E-state index in [1.807, 2.05) is 6.92 Å². The number of nitrogens with one attached hydrogen (secondary N) is 1. The Morgan fingerprint density at radius 1 is 1.50 bits per heavy atom. The molecule has 2 atom stereocenters. The Bertz CT molecular complexity index is 460. The Balaban J connectivity index is 2.04. The summed E-state index contributed by atoms with van der Waals surface area (Å²) in [6.45, 7) is 8.33. The van der Waals surface area contributed by atoms with E-state index >= 15 is 0 Å². The van der Waals surface area contributed by atoms with Crippen LogP contribution >= 0.6 is 15.9 Å². The smallest absolute Gasteiger partial charge is 0.0738 e. The van der Waals surface area contributed by atoms with Gasteiger partial charge in [0, 0.05) is 17.8 Å². The number of rotatable bonds is 6. The molecule has 0 aliphatic heterocycles. The fourth-order valence-electron chi connectivity index (χ4n) is 3.58. The molecule has 20 heavy (non-hydrogen) atoms. The van der Waals surface area contributed by atoms with Crippen LogP contribution in [0.4, 0.5) is 0 Å². The van der Waals surface area contributed by atoms with Crippen LogP contribution in [0.5, 0.6) is 0 Å². The van der Waals surface area contributed by atoms with Crippen LogP contribution < -0.4 is 5.32 Å². The van der Waals surface area contributed by atoms with Crippen LogP contribution in [0.1, 0.15) is 44.0 Å². The molecular weight excluding hydrogens is 318 g/mol. The van der Waals surface area contributed by atoms with Crippen molar-refractivity contribution in [2.24, 2.45) is 5.92 Å². The second kappa shape index (κ2) is 6.58. The number of halogens is 1. The number of aromatic nitrogens is 2. The summed E-state index contributed by atoms with van der Waals surface area (Å²) in [5, 5.41) is 17.9. The Morgan fingerprint density at radius 3 is 2.80 bits per heavy atom. The molecular formula is C15H26BrN3O. The lowest BCUT2D eigenvalue weighted by molar-refractivity contribution is 0.118. The van der Waals surface area contributed by atoms with Crippen LogP contribution in [0, 0.1) is 19.8 Å². The first kappa shape index (κ1) is 16.0. The fraction of sp³-hybridized carbons (Fsp3) is 0.800. The van der Waals surface area contributed by atoms with E-state index in [0.29, 0.717) is 5.92 Å². The second-order valence-electron chi connectivity index (χ2n) is 5.93. The zero-order valence-electron chi connectivity index (χ0n) is 12.7. The standard InChI is InChI=1S/C15H26BrN3O/c1-4-17-15(10-20)8-5-6-13(15)7-9-19-12(3)14(16)11(2)18-19/h13,17,20H,4-10H2,1-3H3. The third-order valence-electron chi connectivity index (χ3n) is 4.75. The highest BCUT2D eigenvalue weighted by molar-refractivity contribution is 9.10. The van der Waals surface area contributed by atoms with Gasteiger partial charge in [-0.05, 0) is 61.5 Å². The van der Waals surface area contributed by atoms with Crippen molar-refractivity contribution in [3.8, 4) is 0 Å². The van der Waals surface area contributed by atoms with Crippen LogP contribution in [0.15, 0.2) is 4.47 Å². The van der Waals surface area contributed by atoms with Crippen LogP contribution in [0.25, 0.3) is 0 Å². The largest absolute Gasteiger partial charge is 0.394 e. The van der Waals surface area contributed by atoms with Gasteiger partial charge in [0.1, 0.15) is 0 Å². The minimum Gasteiger partial charge on any atom is -0.394 e. The van der Waals surface area contributed by atoms with Gasteiger partial charge in [-0.3, -0.25) is 4.68 Å². The summed E-state index contributed by atoms with van der Waals surface area (Å²) in [4.78, 5) is 0. The van der Waals surface area contributed by atoms with Gasteiger partial charge >= 0.3 is 0 Å². The van der Waals surface area contributed by atoms with Gasteiger partial charge in [0.2, 0.25) is 0 Å². The molecule has 2 rings (SSSR count). The minimum absolute atomic E-state index is 0.0674. The molecule has 2 unspecified atom stereocenters. The number of likely N-dealkylation sites (N-methyl/N-ethyl adjacent to an activating group) is 1. The van der Waals surface area contributed by atoms with E-state index in [2.05, 4.69) is 44.9 Å². The number of aliphatic hydroxyl groups is 1. The van der Waals surface area contributed by atoms with E-state index in [4.69, 9.17) is 0 Å². The molecule has 1 fully saturated rings. The highest BCUT2D eigenvalue weighted by Crippen LogP contribution is 2.38. The molecule has 0 radical (unpaired) electrons. The van der Waals surface area contributed by atoms with Gasteiger partial charge in [-0.1, -0.05) is 13.3 Å². The fourth-order valence-corrected chi connectivity index (χ4v) is 3.87. The summed E-state index contributed by atoms with van der Waals surface area (Å²) in [7, 11) is 0. The van der Waals surface area contributed by atoms with Gasteiger partial charge in [-0.15, -0.1) is 0 Å². The molecule has 1 aromatic heterocycles. The number of aryl methyl sites for hydroxylation is 2. The average molecular weight is 344 g/mol. The highest BCUT2D eigenvalue weighted by Gasteiger charge is 2.41. The number of hydrogen-bond acceptors (Lipinski definition) is 3. The molecule has 1 aliphatic rings. The van der Waals surface area contributed by atoms with Crippen molar-refractivity contribution < 1.29 is 5.11 Å². The zero-order chi connectivity index (χ0) is 14.8. The molecule has 1 heterocycles. The number of nitrogens with zero attached hydrogens (tertiary/aromatic N) is 2. The Labute approximate surface area is 130 Å².